The van der Waals surface area contributed by atoms with Gasteiger partial charge in [-0.05, 0) is 0 Å². The SMILES string of the molecule is C[CH](C)[Bi]([c]1ccccc1)[c]1ccccc1. The van der Waals surface area contributed by atoms with Crippen LogP contribution in [0.4, 0.5) is 0 Å². The Morgan fingerprint density at radius 3 is 1.38 bits per heavy atom. The van der Waals surface area contributed by atoms with Crippen molar-refractivity contribution in [3.63, 3.8) is 0 Å². The van der Waals surface area contributed by atoms with Gasteiger partial charge in [-0.2, -0.15) is 0 Å². The molecule has 0 nitrogen and oxygen atoms in total. The Kier molecular flexibility index (Phi) is 4.12. The van der Waals surface area contributed by atoms with Gasteiger partial charge in [0, 0.05) is 0 Å². The molecule has 0 aromatic heterocycles. The van der Waals surface area contributed by atoms with Gasteiger partial charge in [0.05, 0.1) is 0 Å². The molecule has 0 aliphatic heterocycles. The summed E-state index contributed by atoms with van der Waals surface area (Å²) in [6.45, 7) is 4.75. The van der Waals surface area contributed by atoms with Gasteiger partial charge in [0.1, 0.15) is 0 Å². The van der Waals surface area contributed by atoms with Crippen molar-refractivity contribution in [3.8, 4) is 0 Å². The molecular formula is C15H17Bi. The van der Waals surface area contributed by atoms with Crippen LogP contribution in [0.2, 0.25) is 3.63 Å². The summed E-state index contributed by atoms with van der Waals surface area (Å²) in [6.07, 6.45) is 0. The summed E-state index contributed by atoms with van der Waals surface area (Å²) < 4.78 is 4.04. The van der Waals surface area contributed by atoms with Crippen LogP contribution < -0.4 is 6.54 Å². The summed E-state index contributed by atoms with van der Waals surface area (Å²) in [7, 11) is 0. The minimum absolute atomic E-state index is 0.819. The van der Waals surface area contributed by atoms with Gasteiger partial charge in [-0.3, -0.25) is 0 Å². The summed E-state index contributed by atoms with van der Waals surface area (Å²) in [5.41, 5.74) is 0. The van der Waals surface area contributed by atoms with Gasteiger partial charge < -0.3 is 0 Å². The Bertz CT molecular complexity index is 380. The van der Waals surface area contributed by atoms with E-state index in [1.807, 2.05) is 0 Å². The van der Waals surface area contributed by atoms with Crippen LogP contribution >= 0.6 is 0 Å². The van der Waals surface area contributed by atoms with Crippen molar-refractivity contribution < 1.29 is 0 Å². The second kappa shape index (κ2) is 5.59. The van der Waals surface area contributed by atoms with E-state index in [1.165, 1.54) is 0 Å². The maximum absolute atomic E-state index is 2.37. The molecule has 0 radical (unpaired) electrons. The first kappa shape index (κ1) is 11.8. The molecule has 0 amide bonds. The summed E-state index contributed by atoms with van der Waals surface area (Å²) in [4.78, 5) is 0. The van der Waals surface area contributed by atoms with Crippen LogP contribution in [0.1, 0.15) is 13.8 Å². The summed E-state index contributed by atoms with van der Waals surface area (Å²) in [6, 6.07) is 22.1. The maximum atomic E-state index is 2.37. The van der Waals surface area contributed by atoms with E-state index in [4.69, 9.17) is 0 Å². The molecular weight excluding hydrogens is 389 g/mol. The Morgan fingerprint density at radius 1 is 0.688 bits per heavy atom. The van der Waals surface area contributed by atoms with Crippen molar-refractivity contribution in [2.24, 2.45) is 0 Å². The van der Waals surface area contributed by atoms with E-state index in [1.54, 1.807) is 6.54 Å². The third kappa shape index (κ3) is 2.71. The molecule has 0 saturated heterocycles. The first-order valence-corrected chi connectivity index (χ1v) is 11.2. The van der Waals surface area contributed by atoms with Crippen molar-refractivity contribution in [2.75, 3.05) is 0 Å². The zero-order valence-electron chi connectivity index (χ0n) is 9.80. The first-order valence-electron chi connectivity index (χ1n) is 5.68. The third-order valence-corrected chi connectivity index (χ3v) is 13.2. The van der Waals surface area contributed by atoms with Crippen LogP contribution in [0.5, 0.6) is 0 Å². The second-order valence-electron chi connectivity index (χ2n) is 4.13. The Hall–Kier alpha value is -0.677. The van der Waals surface area contributed by atoms with Crippen LogP contribution in [0.25, 0.3) is 0 Å². The first-order chi connectivity index (χ1) is 7.79. The molecule has 0 aliphatic carbocycles. The van der Waals surface area contributed by atoms with Gasteiger partial charge in [0.25, 0.3) is 0 Å². The van der Waals surface area contributed by atoms with Crippen LogP contribution in [0.15, 0.2) is 60.7 Å². The van der Waals surface area contributed by atoms with Crippen LogP contribution in [0, 0.1) is 0 Å². The van der Waals surface area contributed by atoms with E-state index in [2.05, 4.69) is 74.5 Å². The van der Waals surface area contributed by atoms with Gasteiger partial charge in [0.2, 0.25) is 0 Å². The van der Waals surface area contributed by atoms with Gasteiger partial charge in [0.15, 0.2) is 0 Å². The van der Waals surface area contributed by atoms with E-state index >= 15 is 0 Å². The minimum atomic E-state index is -1.74. The van der Waals surface area contributed by atoms with Crippen LogP contribution in [-0.2, 0) is 0 Å². The molecule has 0 N–H and O–H groups in total. The van der Waals surface area contributed by atoms with E-state index in [-0.39, 0.29) is 0 Å². The number of benzene rings is 2. The fraction of sp³-hybridized carbons (Fsp3) is 0.200. The van der Waals surface area contributed by atoms with Crippen molar-refractivity contribution in [3.05, 3.63) is 60.7 Å². The molecule has 0 aliphatic rings. The molecule has 0 bridgehead atoms. The number of rotatable bonds is 3. The fourth-order valence-corrected chi connectivity index (χ4v) is 11.6. The van der Waals surface area contributed by atoms with E-state index in [0.717, 1.165) is 3.63 Å². The molecule has 2 aromatic carbocycles. The molecule has 0 heterocycles. The predicted octanol–water partition coefficient (Wildman–Crippen LogP) is 2.71. The molecule has 1 heteroatoms. The monoisotopic (exact) mass is 406 g/mol. The van der Waals surface area contributed by atoms with Gasteiger partial charge in [-0.15, -0.1) is 0 Å². The van der Waals surface area contributed by atoms with Gasteiger partial charge in [-0.25, -0.2) is 0 Å². The molecule has 0 fully saturated rings. The quantitative estimate of drug-likeness (QED) is 0.688. The fourth-order valence-electron chi connectivity index (χ4n) is 1.92. The molecule has 0 saturated carbocycles. The Balaban J connectivity index is 2.40. The van der Waals surface area contributed by atoms with Crippen molar-refractivity contribution in [2.45, 2.75) is 17.5 Å². The predicted molar refractivity (Wildman–Crippen MR) is 73.0 cm³/mol. The topological polar surface area (TPSA) is 0 Å². The molecule has 2 rings (SSSR count). The normalized spacial score (nSPS) is 11.0. The Morgan fingerprint density at radius 2 is 1.06 bits per heavy atom. The van der Waals surface area contributed by atoms with Gasteiger partial charge in [-0.1, -0.05) is 0 Å². The molecule has 0 atom stereocenters. The van der Waals surface area contributed by atoms with Crippen molar-refractivity contribution in [1.29, 1.82) is 0 Å². The average Bonchev–Trinajstić information content (AvgIpc) is 2.31. The summed E-state index contributed by atoms with van der Waals surface area (Å²) >= 11 is -1.74. The van der Waals surface area contributed by atoms with Crippen molar-refractivity contribution in [1.82, 2.24) is 0 Å². The third-order valence-electron chi connectivity index (χ3n) is 2.59. The van der Waals surface area contributed by atoms with E-state index in [9.17, 15) is 0 Å². The Labute approximate surface area is 106 Å². The second-order valence-corrected chi connectivity index (χ2v) is 15.0. The van der Waals surface area contributed by atoms with Crippen molar-refractivity contribution >= 4 is 28.3 Å². The zero-order chi connectivity index (χ0) is 11.4. The number of hydrogen-bond donors (Lipinski definition) is 0. The molecule has 0 unspecified atom stereocenters. The standard InChI is InChI=1S/2C6H5.C3H7.Bi/c2*1-2-4-6-5-3-1;1-3-2;/h2*1-5H;3H,1-2H3;. The number of hydrogen-bond acceptors (Lipinski definition) is 0. The van der Waals surface area contributed by atoms with E-state index in [0.29, 0.717) is 0 Å². The van der Waals surface area contributed by atoms with Crippen LogP contribution in [-0.4, -0.2) is 21.8 Å². The summed E-state index contributed by atoms with van der Waals surface area (Å²) in [5.74, 6) is 0. The summed E-state index contributed by atoms with van der Waals surface area (Å²) in [5, 5.41) is 0. The van der Waals surface area contributed by atoms with E-state index < -0.39 is 21.8 Å². The van der Waals surface area contributed by atoms with Gasteiger partial charge >= 0.3 is 106 Å². The average molecular weight is 406 g/mol. The molecule has 2 aromatic rings. The molecule has 16 heavy (non-hydrogen) atoms. The van der Waals surface area contributed by atoms with Crippen LogP contribution in [0.3, 0.4) is 0 Å². The molecule has 82 valence electrons. The molecule has 0 spiro atoms. The zero-order valence-corrected chi connectivity index (χ0v) is 13.3.